The summed E-state index contributed by atoms with van der Waals surface area (Å²) in [5.74, 6) is -3.26. The van der Waals surface area contributed by atoms with Crippen molar-refractivity contribution in [3.8, 4) is 0 Å². The highest BCUT2D eigenvalue weighted by Gasteiger charge is 2.30. The minimum atomic E-state index is -1.04. The highest BCUT2D eigenvalue weighted by molar-refractivity contribution is 5.97. The fourth-order valence-electron chi connectivity index (χ4n) is 4.98. The molecule has 2 aromatic heterocycles. The second kappa shape index (κ2) is 10.7. The molecule has 9 nitrogen and oxygen atoms in total. The second-order valence-corrected chi connectivity index (χ2v) is 11.0. The van der Waals surface area contributed by atoms with Crippen LogP contribution in [-0.4, -0.2) is 38.0 Å². The van der Waals surface area contributed by atoms with Gasteiger partial charge in [0.05, 0.1) is 24.2 Å². The highest BCUT2D eigenvalue weighted by Crippen LogP contribution is 2.35. The van der Waals surface area contributed by atoms with Crippen molar-refractivity contribution >= 4 is 29.2 Å². The number of hydrogen-bond donors (Lipinski definition) is 2. The van der Waals surface area contributed by atoms with Gasteiger partial charge in [0.25, 0.3) is 5.91 Å². The molecular formula is C30H29F2N5O4. The van der Waals surface area contributed by atoms with Gasteiger partial charge in [-0.25, -0.2) is 23.1 Å². The van der Waals surface area contributed by atoms with E-state index in [2.05, 4.69) is 20.7 Å². The third-order valence-electron chi connectivity index (χ3n) is 6.83. The molecule has 11 heteroatoms. The summed E-state index contributed by atoms with van der Waals surface area (Å²) in [6, 6.07) is 9.51. The van der Waals surface area contributed by atoms with Crippen LogP contribution < -0.4 is 10.6 Å². The number of halogens is 2. The summed E-state index contributed by atoms with van der Waals surface area (Å²) in [6.07, 6.45) is 2.60. The fraction of sp³-hybridized carbons (Fsp3) is 0.300. The van der Waals surface area contributed by atoms with Gasteiger partial charge in [0.15, 0.2) is 17.3 Å². The van der Waals surface area contributed by atoms with Gasteiger partial charge in [-0.15, -0.1) is 0 Å². The Morgan fingerprint density at radius 2 is 1.85 bits per heavy atom. The van der Waals surface area contributed by atoms with Crippen LogP contribution >= 0.6 is 0 Å². The van der Waals surface area contributed by atoms with E-state index in [-0.39, 0.29) is 35.5 Å². The number of nitrogens with one attached hydrogen (secondary N) is 2. The van der Waals surface area contributed by atoms with Crippen LogP contribution in [0.3, 0.4) is 0 Å². The summed E-state index contributed by atoms with van der Waals surface area (Å²) in [5.41, 5.74) is 3.42. The molecule has 1 aliphatic rings. The zero-order valence-electron chi connectivity index (χ0n) is 23.0. The highest BCUT2D eigenvalue weighted by atomic mass is 19.2. The standard InChI is InChI=1S/C30H29F2N5O4/c1-16-18-8-10-23(20(18)7-6-19(16)29(40)41-30(2,3)4)34-28(39)24-15-25(35-26-11-12-33-37(24)26)36-27(38)14-17-5-9-21(31)22(32)13-17/h5-7,9,11-13,15,23H,8,10,14H2,1-4H3,(H,34,39)(H,35,36,38)/t23-/m0/s1. The quantitative estimate of drug-likeness (QED) is 0.325. The molecule has 0 unspecified atom stereocenters. The van der Waals surface area contributed by atoms with Gasteiger partial charge in [0, 0.05) is 12.1 Å². The van der Waals surface area contributed by atoms with Crippen LogP contribution in [0.2, 0.25) is 0 Å². The molecule has 0 saturated carbocycles. The molecule has 0 saturated heterocycles. The Hall–Kier alpha value is -4.67. The predicted molar refractivity (Wildman–Crippen MR) is 147 cm³/mol. The number of esters is 1. The van der Waals surface area contributed by atoms with E-state index in [0.29, 0.717) is 24.1 Å². The summed E-state index contributed by atoms with van der Waals surface area (Å²) in [4.78, 5) is 43.1. The average molecular weight is 562 g/mol. The van der Waals surface area contributed by atoms with Crippen molar-refractivity contribution in [3.63, 3.8) is 0 Å². The molecule has 2 amide bonds. The summed E-state index contributed by atoms with van der Waals surface area (Å²) in [7, 11) is 0. The zero-order valence-corrected chi connectivity index (χ0v) is 23.0. The fourth-order valence-corrected chi connectivity index (χ4v) is 4.98. The van der Waals surface area contributed by atoms with E-state index in [0.717, 1.165) is 28.8 Å². The predicted octanol–water partition coefficient (Wildman–Crippen LogP) is 4.87. The van der Waals surface area contributed by atoms with Gasteiger partial charge in [-0.05, 0) is 81.0 Å². The number of rotatable bonds is 6. The van der Waals surface area contributed by atoms with E-state index < -0.39 is 29.0 Å². The SMILES string of the molecule is Cc1c(C(=O)OC(C)(C)C)ccc2c1CC[C@@H]2NC(=O)c1cc(NC(=O)Cc2ccc(F)c(F)c2)nc2ccnn12. The first kappa shape index (κ1) is 27.9. The van der Waals surface area contributed by atoms with Gasteiger partial charge >= 0.3 is 5.97 Å². The van der Waals surface area contributed by atoms with Crippen molar-refractivity contribution in [1.82, 2.24) is 19.9 Å². The summed E-state index contributed by atoms with van der Waals surface area (Å²) in [6.45, 7) is 7.34. The van der Waals surface area contributed by atoms with Crippen LogP contribution in [0.5, 0.6) is 0 Å². The van der Waals surface area contributed by atoms with Crippen LogP contribution in [0, 0.1) is 18.6 Å². The number of hydrogen-bond acceptors (Lipinski definition) is 6. The van der Waals surface area contributed by atoms with Crippen molar-refractivity contribution < 1.29 is 27.9 Å². The van der Waals surface area contributed by atoms with E-state index >= 15 is 0 Å². The first-order chi connectivity index (χ1) is 19.4. The maximum absolute atomic E-state index is 13.5. The smallest absolute Gasteiger partial charge is 0.338 e. The second-order valence-electron chi connectivity index (χ2n) is 11.0. The van der Waals surface area contributed by atoms with E-state index in [1.54, 1.807) is 12.1 Å². The average Bonchev–Trinajstić information content (AvgIpc) is 3.52. The molecule has 2 heterocycles. The van der Waals surface area contributed by atoms with E-state index in [1.807, 2.05) is 33.8 Å². The van der Waals surface area contributed by atoms with Crippen LogP contribution in [-0.2, 0) is 22.4 Å². The van der Waals surface area contributed by atoms with Gasteiger partial charge in [0.1, 0.15) is 17.1 Å². The van der Waals surface area contributed by atoms with Crippen molar-refractivity contribution in [1.29, 1.82) is 0 Å². The first-order valence-corrected chi connectivity index (χ1v) is 13.1. The number of nitrogens with zero attached hydrogens (tertiary/aromatic N) is 3. The number of carbonyl (C=O) groups excluding carboxylic acids is 3. The molecule has 41 heavy (non-hydrogen) atoms. The van der Waals surface area contributed by atoms with Crippen molar-refractivity contribution in [2.45, 2.75) is 58.6 Å². The monoisotopic (exact) mass is 561 g/mol. The van der Waals surface area contributed by atoms with Gasteiger partial charge in [-0.2, -0.15) is 5.10 Å². The molecule has 0 spiro atoms. The number of benzene rings is 2. The Kier molecular flexibility index (Phi) is 7.29. The van der Waals surface area contributed by atoms with Gasteiger partial charge in [-0.1, -0.05) is 12.1 Å². The first-order valence-electron chi connectivity index (χ1n) is 13.1. The Morgan fingerprint density at radius 1 is 1.07 bits per heavy atom. The van der Waals surface area contributed by atoms with Gasteiger partial charge in [-0.3, -0.25) is 9.59 Å². The molecule has 1 aliphatic carbocycles. The maximum atomic E-state index is 13.5. The third kappa shape index (κ3) is 5.93. The molecule has 2 aromatic carbocycles. The molecule has 5 rings (SSSR count). The van der Waals surface area contributed by atoms with Crippen molar-refractivity contribution in [3.05, 3.63) is 93.8 Å². The third-order valence-corrected chi connectivity index (χ3v) is 6.83. The lowest BCUT2D eigenvalue weighted by molar-refractivity contribution is -0.115. The summed E-state index contributed by atoms with van der Waals surface area (Å²) >= 11 is 0. The lowest BCUT2D eigenvalue weighted by Crippen LogP contribution is -2.29. The number of aromatic nitrogens is 3. The van der Waals surface area contributed by atoms with Crippen LogP contribution in [0.25, 0.3) is 5.65 Å². The molecular weight excluding hydrogens is 532 g/mol. The number of anilines is 1. The summed E-state index contributed by atoms with van der Waals surface area (Å²) < 4.78 is 33.7. The molecule has 4 aromatic rings. The lowest BCUT2D eigenvalue weighted by Gasteiger charge is -2.21. The molecule has 0 fully saturated rings. The Labute approximate surface area is 234 Å². The van der Waals surface area contributed by atoms with Crippen molar-refractivity contribution in [2.75, 3.05) is 5.32 Å². The minimum Gasteiger partial charge on any atom is -0.456 e. The van der Waals surface area contributed by atoms with Crippen molar-refractivity contribution in [2.24, 2.45) is 0 Å². The minimum absolute atomic E-state index is 0.111. The molecule has 0 bridgehead atoms. The van der Waals surface area contributed by atoms with Crippen LogP contribution in [0.1, 0.15) is 76.3 Å². The number of fused-ring (bicyclic) bond motifs is 2. The largest absolute Gasteiger partial charge is 0.456 e. The van der Waals surface area contributed by atoms with Crippen LogP contribution in [0.15, 0.2) is 48.7 Å². The Balaban J connectivity index is 1.34. The van der Waals surface area contributed by atoms with Gasteiger partial charge in [0.2, 0.25) is 5.91 Å². The number of ether oxygens (including phenoxy) is 1. The molecule has 212 valence electrons. The number of carbonyl (C=O) groups is 3. The molecule has 0 aliphatic heterocycles. The summed E-state index contributed by atoms with van der Waals surface area (Å²) in [5, 5.41) is 9.86. The van der Waals surface area contributed by atoms with E-state index in [1.165, 1.54) is 22.8 Å². The molecule has 2 N–H and O–H groups in total. The zero-order chi connectivity index (χ0) is 29.5. The van der Waals surface area contributed by atoms with E-state index in [9.17, 15) is 23.2 Å². The Bertz CT molecular complexity index is 1690. The Morgan fingerprint density at radius 3 is 2.59 bits per heavy atom. The van der Waals surface area contributed by atoms with Gasteiger partial charge < -0.3 is 15.4 Å². The maximum Gasteiger partial charge on any atom is 0.338 e. The van der Waals surface area contributed by atoms with E-state index in [4.69, 9.17) is 4.74 Å². The number of amides is 2. The topological polar surface area (TPSA) is 115 Å². The normalized spacial score (nSPS) is 14.5. The van der Waals surface area contributed by atoms with Crippen LogP contribution in [0.4, 0.5) is 14.6 Å². The molecule has 1 atom stereocenters. The molecule has 0 radical (unpaired) electrons. The lowest BCUT2D eigenvalue weighted by atomic mass is 9.97.